The average molecular weight is 415 g/mol. The number of hydrogen-bond donors (Lipinski definition) is 1. The lowest BCUT2D eigenvalue weighted by Crippen LogP contribution is -2.41. The lowest BCUT2D eigenvalue weighted by molar-refractivity contribution is 0.0383. The first-order chi connectivity index (χ1) is 15.3. The third kappa shape index (κ3) is 4.10. The summed E-state index contributed by atoms with van der Waals surface area (Å²) in [6.07, 6.45) is 3.91. The number of amides is 1. The number of benzene rings is 1. The first-order valence-electron chi connectivity index (χ1n) is 10.6. The summed E-state index contributed by atoms with van der Waals surface area (Å²) >= 11 is 0. The van der Waals surface area contributed by atoms with E-state index in [9.17, 15) is 4.79 Å². The molecule has 1 aliphatic heterocycles. The van der Waals surface area contributed by atoms with Crippen molar-refractivity contribution in [1.29, 1.82) is 0 Å². The molecule has 0 radical (unpaired) electrons. The lowest BCUT2D eigenvalue weighted by atomic mass is 10.2. The molecule has 1 saturated heterocycles. The van der Waals surface area contributed by atoms with Gasteiger partial charge in [-0.15, -0.1) is 0 Å². The van der Waals surface area contributed by atoms with Crippen molar-refractivity contribution in [2.24, 2.45) is 0 Å². The first-order valence-corrected chi connectivity index (χ1v) is 10.6. The Kier molecular flexibility index (Phi) is 5.52. The van der Waals surface area contributed by atoms with E-state index >= 15 is 0 Å². The van der Waals surface area contributed by atoms with Crippen LogP contribution in [0.3, 0.4) is 0 Å². The summed E-state index contributed by atoms with van der Waals surface area (Å²) in [5, 5.41) is 7.82. The average Bonchev–Trinajstić information content (AvgIpc) is 3.46. The van der Waals surface area contributed by atoms with Crippen LogP contribution in [0.2, 0.25) is 0 Å². The van der Waals surface area contributed by atoms with Gasteiger partial charge in [-0.25, -0.2) is 4.68 Å². The van der Waals surface area contributed by atoms with Crippen LogP contribution in [0.5, 0.6) is 0 Å². The maximum absolute atomic E-state index is 13.0. The van der Waals surface area contributed by atoms with E-state index in [2.05, 4.69) is 10.2 Å². The summed E-state index contributed by atoms with van der Waals surface area (Å²) in [5.41, 5.74) is 4.24. The van der Waals surface area contributed by atoms with Gasteiger partial charge < -0.3 is 14.5 Å². The van der Waals surface area contributed by atoms with Crippen molar-refractivity contribution in [3.8, 4) is 17.1 Å². The van der Waals surface area contributed by atoms with Crippen molar-refractivity contribution >= 4 is 11.4 Å². The Morgan fingerprint density at radius 1 is 1.00 bits per heavy atom. The van der Waals surface area contributed by atoms with Gasteiger partial charge >= 0.3 is 0 Å². The molecule has 1 N–H and O–H groups in total. The fraction of sp³-hybridized carbons (Fsp3) is 0.250. The molecule has 158 valence electrons. The summed E-state index contributed by atoms with van der Waals surface area (Å²) in [7, 11) is 0. The van der Waals surface area contributed by atoms with Gasteiger partial charge in [-0.05, 0) is 36.4 Å². The largest absolute Gasteiger partial charge is 0.379 e. The lowest BCUT2D eigenvalue weighted by Gasteiger charge is -2.26. The van der Waals surface area contributed by atoms with Crippen LogP contribution >= 0.6 is 0 Å². The van der Waals surface area contributed by atoms with Crippen LogP contribution in [0.25, 0.3) is 22.6 Å². The second-order valence-electron chi connectivity index (χ2n) is 7.59. The Morgan fingerprint density at radius 3 is 2.65 bits per heavy atom. The van der Waals surface area contributed by atoms with Gasteiger partial charge in [0.2, 0.25) is 0 Å². The zero-order chi connectivity index (χ0) is 21.0. The fourth-order valence-electron chi connectivity index (χ4n) is 3.96. The molecule has 0 bridgehead atoms. The van der Waals surface area contributed by atoms with E-state index in [4.69, 9.17) is 9.84 Å². The minimum absolute atomic E-state index is 0.0642. The highest BCUT2D eigenvalue weighted by molar-refractivity contribution is 6.02. The topological polar surface area (TPSA) is 63.8 Å². The minimum atomic E-state index is -0.0642. The summed E-state index contributed by atoms with van der Waals surface area (Å²) in [6, 6.07) is 19.8. The van der Waals surface area contributed by atoms with Crippen molar-refractivity contribution in [2.75, 3.05) is 39.4 Å². The van der Waals surface area contributed by atoms with Gasteiger partial charge in [0.15, 0.2) is 0 Å². The van der Waals surface area contributed by atoms with E-state index in [1.165, 1.54) is 0 Å². The number of carbonyl (C=O) groups is 1. The minimum Gasteiger partial charge on any atom is -0.379 e. The van der Waals surface area contributed by atoms with E-state index in [1.54, 1.807) is 0 Å². The summed E-state index contributed by atoms with van der Waals surface area (Å²) in [4.78, 5) is 15.3. The first kappa shape index (κ1) is 19.5. The number of hydrogen-bond acceptors (Lipinski definition) is 4. The Labute approximate surface area is 180 Å². The molecule has 4 aromatic rings. The number of ether oxygens (including phenoxy) is 1. The maximum atomic E-state index is 13.0. The maximum Gasteiger partial charge on any atom is 0.253 e. The molecule has 7 heteroatoms. The van der Waals surface area contributed by atoms with Gasteiger partial charge in [-0.2, -0.15) is 5.10 Å². The molecule has 0 spiro atoms. The van der Waals surface area contributed by atoms with Crippen molar-refractivity contribution in [3.05, 3.63) is 78.6 Å². The van der Waals surface area contributed by atoms with E-state index in [0.717, 1.165) is 55.4 Å². The van der Waals surface area contributed by atoms with Gasteiger partial charge in [0.1, 0.15) is 5.69 Å². The Bertz CT molecular complexity index is 1180. The molecule has 0 saturated carbocycles. The highest BCUT2D eigenvalue weighted by Gasteiger charge is 2.18. The fourth-order valence-corrected chi connectivity index (χ4v) is 3.96. The summed E-state index contributed by atoms with van der Waals surface area (Å²) in [5.74, 6) is -0.0642. The quantitative estimate of drug-likeness (QED) is 0.526. The molecule has 4 heterocycles. The monoisotopic (exact) mass is 415 g/mol. The van der Waals surface area contributed by atoms with E-state index in [1.807, 2.05) is 82.1 Å². The smallest absolute Gasteiger partial charge is 0.253 e. The van der Waals surface area contributed by atoms with Gasteiger partial charge in [-0.3, -0.25) is 9.69 Å². The number of morpholine rings is 1. The molecule has 31 heavy (non-hydrogen) atoms. The molecule has 1 aliphatic rings. The number of rotatable bonds is 6. The summed E-state index contributed by atoms with van der Waals surface area (Å²) < 4.78 is 9.25. The van der Waals surface area contributed by atoms with Crippen LogP contribution in [-0.2, 0) is 4.74 Å². The normalized spacial score (nSPS) is 14.7. The third-order valence-electron chi connectivity index (χ3n) is 5.61. The Hall–Kier alpha value is -3.42. The predicted molar refractivity (Wildman–Crippen MR) is 120 cm³/mol. The number of carbonyl (C=O) groups excluding carboxylic acids is 1. The molecule has 0 atom stereocenters. The van der Waals surface area contributed by atoms with Crippen molar-refractivity contribution in [2.45, 2.75) is 0 Å². The third-order valence-corrected chi connectivity index (χ3v) is 5.61. The van der Waals surface area contributed by atoms with E-state index in [0.29, 0.717) is 12.1 Å². The Balaban J connectivity index is 1.38. The van der Waals surface area contributed by atoms with Gasteiger partial charge in [0, 0.05) is 38.6 Å². The Morgan fingerprint density at radius 2 is 1.81 bits per heavy atom. The number of para-hydroxylation sites is 1. The van der Waals surface area contributed by atoms with Crippen LogP contribution in [0, 0.1) is 0 Å². The number of pyridine rings is 1. The highest BCUT2D eigenvalue weighted by atomic mass is 16.5. The van der Waals surface area contributed by atoms with Gasteiger partial charge in [-0.1, -0.05) is 24.3 Å². The predicted octanol–water partition coefficient (Wildman–Crippen LogP) is 2.85. The van der Waals surface area contributed by atoms with E-state index in [-0.39, 0.29) is 5.91 Å². The van der Waals surface area contributed by atoms with E-state index < -0.39 is 0 Å². The molecule has 1 fully saturated rings. The zero-order valence-corrected chi connectivity index (χ0v) is 17.3. The van der Waals surface area contributed by atoms with Crippen molar-refractivity contribution < 1.29 is 9.53 Å². The number of nitrogens with zero attached hydrogens (tertiary/aromatic N) is 4. The molecule has 7 nitrogen and oxygen atoms in total. The van der Waals surface area contributed by atoms with Crippen LogP contribution in [-0.4, -0.2) is 64.4 Å². The molecule has 0 aliphatic carbocycles. The van der Waals surface area contributed by atoms with Crippen molar-refractivity contribution in [3.63, 3.8) is 0 Å². The van der Waals surface area contributed by atoms with Gasteiger partial charge in [0.05, 0.1) is 35.7 Å². The number of fused-ring (bicyclic) bond motifs is 1. The zero-order valence-electron chi connectivity index (χ0n) is 17.3. The molecule has 1 amide bonds. The van der Waals surface area contributed by atoms with Crippen molar-refractivity contribution in [1.82, 2.24) is 24.4 Å². The molecule has 5 rings (SSSR count). The SMILES string of the molecule is O=C(NCCN1CCOCC1)c1cc(-c2ccn(-c3ccccc3)n2)n2ccccc12. The summed E-state index contributed by atoms with van der Waals surface area (Å²) in [6.45, 7) is 4.79. The second kappa shape index (κ2) is 8.75. The van der Waals surface area contributed by atoms with Crippen LogP contribution in [0.1, 0.15) is 10.4 Å². The molecule has 1 aromatic carbocycles. The second-order valence-corrected chi connectivity index (χ2v) is 7.59. The molecular formula is C24H25N5O2. The molecule has 3 aromatic heterocycles. The number of aromatic nitrogens is 3. The van der Waals surface area contributed by atoms with Crippen LogP contribution in [0.4, 0.5) is 0 Å². The van der Waals surface area contributed by atoms with Crippen LogP contribution < -0.4 is 5.32 Å². The number of nitrogens with one attached hydrogen (secondary N) is 1. The molecule has 0 unspecified atom stereocenters. The molecular weight excluding hydrogens is 390 g/mol. The standard InChI is InChI=1S/C24H25N5O2/c30-24(25-10-13-27-14-16-31-17-15-27)20-18-23(28-11-5-4-8-22(20)28)21-9-12-29(26-21)19-6-2-1-3-7-19/h1-9,11-12,18H,10,13-17H2,(H,25,30). The van der Waals surface area contributed by atoms with Crippen LogP contribution in [0.15, 0.2) is 73.1 Å². The highest BCUT2D eigenvalue weighted by Crippen LogP contribution is 2.25. The van der Waals surface area contributed by atoms with Gasteiger partial charge in [0.25, 0.3) is 5.91 Å².